The minimum Gasteiger partial charge on any atom is -0.497 e. The van der Waals surface area contributed by atoms with Crippen molar-refractivity contribution in [3.63, 3.8) is 0 Å². The summed E-state index contributed by atoms with van der Waals surface area (Å²) in [6.45, 7) is 4.30. The molecule has 3 heteroatoms. The summed E-state index contributed by atoms with van der Waals surface area (Å²) in [7, 11) is 1.71. The minimum atomic E-state index is 0.196. The minimum absolute atomic E-state index is 0.196. The van der Waals surface area contributed by atoms with Crippen LogP contribution in [0, 0.1) is 34.5 Å². The number of hydrogen-bond donors (Lipinski definition) is 0. The van der Waals surface area contributed by atoms with Crippen LogP contribution in [0.25, 0.3) is 0 Å². The normalized spacial score (nSPS) is 37.5. The number of fused-ring (bicyclic) bond motifs is 5. The molecule has 0 radical (unpaired) electrons. The van der Waals surface area contributed by atoms with Gasteiger partial charge in [-0.05, 0) is 123 Å². The van der Waals surface area contributed by atoms with Crippen LogP contribution in [0.1, 0.15) is 83.6 Å². The van der Waals surface area contributed by atoms with Gasteiger partial charge in [-0.25, -0.2) is 0 Å². The maximum atomic E-state index is 12.8. The zero-order valence-corrected chi connectivity index (χ0v) is 20.7. The Morgan fingerprint density at radius 2 is 1.82 bits per heavy atom. The number of Topliss-reactive ketones (excluding diaryl/α,β-unsaturated/α-hetero) is 1. The summed E-state index contributed by atoms with van der Waals surface area (Å²) in [6.07, 6.45) is 14.2. The summed E-state index contributed by atoms with van der Waals surface area (Å²) < 4.78 is 5.31. The molecule has 1 aromatic rings. The molecule has 178 valence electrons. The zero-order valence-electron chi connectivity index (χ0n) is 20.7. The van der Waals surface area contributed by atoms with Gasteiger partial charge in [-0.2, -0.15) is 0 Å². The van der Waals surface area contributed by atoms with E-state index in [1.165, 1.54) is 43.2 Å². The summed E-state index contributed by atoms with van der Waals surface area (Å²) in [5.74, 6) is 4.00. The third-order valence-corrected chi connectivity index (χ3v) is 10.4. The van der Waals surface area contributed by atoms with Gasteiger partial charge < -0.3 is 4.74 Å². The van der Waals surface area contributed by atoms with Crippen molar-refractivity contribution in [1.29, 1.82) is 0 Å². The summed E-state index contributed by atoms with van der Waals surface area (Å²) in [4.78, 5) is 25.0. The lowest BCUT2D eigenvalue weighted by molar-refractivity contribution is -0.130. The third-order valence-electron chi connectivity index (χ3n) is 10.4. The predicted molar refractivity (Wildman–Crippen MR) is 131 cm³/mol. The van der Waals surface area contributed by atoms with E-state index in [1.54, 1.807) is 7.11 Å². The molecule has 0 unspecified atom stereocenters. The molecule has 33 heavy (non-hydrogen) atoms. The molecule has 4 aliphatic carbocycles. The highest BCUT2D eigenvalue weighted by Gasteiger charge is 2.61. The molecule has 0 aromatic heterocycles. The van der Waals surface area contributed by atoms with Crippen LogP contribution in [-0.4, -0.2) is 18.7 Å². The number of rotatable bonds is 6. The van der Waals surface area contributed by atoms with Crippen molar-refractivity contribution >= 4 is 11.6 Å². The first-order chi connectivity index (χ1) is 15.9. The van der Waals surface area contributed by atoms with Gasteiger partial charge in [0.1, 0.15) is 11.5 Å². The van der Waals surface area contributed by atoms with E-state index >= 15 is 0 Å². The number of ether oxygens (including phenoxy) is 1. The Balaban J connectivity index is 1.36. The molecule has 0 bridgehead atoms. The SMILES string of the molecule is COc1ccc(CCC[C@]23CC[C@@H]4[C@@H](CCC5=CC(=O)CC[C@]54C)[C@@H]2CC[C@@H]3C(C)=O)cc1. The van der Waals surface area contributed by atoms with Gasteiger partial charge in [0.25, 0.3) is 0 Å². The van der Waals surface area contributed by atoms with Crippen molar-refractivity contribution in [3.05, 3.63) is 41.5 Å². The van der Waals surface area contributed by atoms with E-state index in [2.05, 4.69) is 31.2 Å². The molecule has 0 saturated heterocycles. The second-order valence-corrected chi connectivity index (χ2v) is 11.7. The average Bonchev–Trinajstić information content (AvgIpc) is 3.20. The molecule has 0 aliphatic heterocycles. The molecule has 6 atom stereocenters. The third kappa shape index (κ3) is 3.80. The molecule has 0 spiro atoms. The van der Waals surface area contributed by atoms with Crippen molar-refractivity contribution in [1.82, 2.24) is 0 Å². The number of benzene rings is 1. The summed E-state index contributed by atoms with van der Waals surface area (Å²) >= 11 is 0. The molecule has 1 aromatic carbocycles. The Hall–Kier alpha value is -1.90. The fourth-order valence-electron chi connectivity index (χ4n) is 8.88. The van der Waals surface area contributed by atoms with Crippen molar-refractivity contribution in [2.24, 2.45) is 34.5 Å². The maximum Gasteiger partial charge on any atom is 0.155 e. The zero-order chi connectivity index (χ0) is 23.2. The van der Waals surface area contributed by atoms with E-state index in [1.807, 2.05) is 13.0 Å². The van der Waals surface area contributed by atoms with Crippen LogP contribution >= 0.6 is 0 Å². The Bertz CT molecular complexity index is 944. The van der Waals surface area contributed by atoms with Gasteiger partial charge in [-0.15, -0.1) is 0 Å². The lowest BCUT2D eigenvalue weighted by atomic mass is 9.45. The van der Waals surface area contributed by atoms with Crippen LogP contribution in [0.4, 0.5) is 0 Å². The number of ketones is 2. The topological polar surface area (TPSA) is 43.4 Å². The number of allylic oxidation sites excluding steroid dienone is 1. The molecule has 3 nitrogen and oxygen atoms in total. The quantitative estimate of drug-likeness (QED) is 0.484. The second kappa shape index (κ2) is 8.71. The monoisotopic (exact) mass is 448 g/mol. The van der Waals surface area contributed by atoms with E-state index in [4.69, 9.17) is 4.74 Å². The first-order valence-electron chi connectivity index (χ1n) is 13.2. The van der Waals surface area contributed by atoms with Gasteiger partial charge >= 0.3 is 0 Å². The lowest BCUT2D eigenvalue weighted by Gasteiger charge is -2.59. The summed E-state index contributed by atoms with van der Waals surface area (Å²) in [6, 6.07) is 8.47. The van der Waals surface area contributed by atoms with Crippen molar-refractivity contribution in [2.75, 3.05) is 7.11 Å². The number of methoxy groups -OCH3 is 1. The number of carbonyl (C=O) groups excluding carboxylic acids is 2. The predicted octanol–water partition coefficient (Wildman–Crippen LogP) is 6.74. The molecule has 0 amide bonds. The van der Waals surface area contributed by atoms with Crippen LogP contribution in [-0.2, 0) is 16.0 Å². The van der Waals surface area contributed by atoms with Crippen LogP contribution < -0.4 is 4.74 Å². The van der Waals surface area contributed by atoms with Crippen LogP contribution in [0.15, 0.2) is 35.9 Å². The molecule has 0 N–H and O–H groups in total. The molecule has 5 rings (SSSR count). The molecule has 4 aliphatic rings. The van der Waals surface area contributed by atoms with E-state index in [0.29, 0.717) is 23.4 Å². The average molecular weight is 449 g/mol. The highest BCUT2D eigenvalue weighted by molar-refractivity contribution is 5.91. The van der Waals surface area contributed by atoms with E-state index < -0.39 is 0 Å². The first-order valence-corrected chi connectivity index (χ1v) is 13.2. The number of aryl methyl sites for hydroxylation is 1. The lowest BCUT2D eigenvalue weighted by Crippen LogP contribution is -2.52. The Labute approximate surface area is 199 Å². The molecular formula is C30H40O3. The van der Waals surface area contributed by atoms with Gasteiger partial charge in [-0.3, -0.25) is 9.59 Å². The Morgan fingerprint density at radius 3 is 2.55 bits per heavy atom. The summed E-state index contributed by atoms with van der Waals surface area (Å²) in [5.41, 5.74) is 3.21. The highest BCUT2D eigenvalue weighted by atomic mass is 16.5. The van der Waals surface area contributed by atoms with Gasteiger partial charge in [0, 0.05) is 12.3 Å². The van der Waals surface area contributed by atoms with Crippen LogP contribution in [0.2, 0.25) is 0 Å². The van der Waals surface area contributed by atoms with Crippen LogP contribution in [0.5, 0.6) is 5.75 Å². The van der Waals surface area contributed by atoms with E-state index in [-0.39, 0.29) is 16.7 Å². The van der Waals surface area contributed by atoms with Gasteiger partial charge in [0.05, 0.1) is 7.11 Å². The van der Waals surface area contributed by atoms with E-state index in [9.17, 15) is 9.59 Å². The van der Waals surface area contributed by atoms with Gasteiger partial charge in [-0.1, -0.05) is 24.6 Å². The number of carbonyl (C=O) groups is 2. The fourth-order valence-corrected chi connectivity index (χ4v) is 8.88. The standard InChI is InChI=1S/C30H40O3/c1-20(31)26-12-13-28-25-11-8-22-19-23(32)14-17-29(22,2)27(25)15-18-30(26,28)16-4-5-21-6-9-24(33-3)10-7-21/h6-7,9-10,19,25-28H,4-5,8,11-18H2,1-3H3/t25-,26-,27-,28+,29-,30-/m1/s1. The van der Waals surface area contributed by atoms with Gasteiger partial charge in [0.15, 0.2) is 5.78 Å². The van der Waals surface area contributed by atoms with Crippen molar-refractivity contribution in [3.8, 4) is 5.75 Å². The Kier molecular flexibility index (Phi) is 6.04. The Morgan fingerprint density at radius 1 is 1.03 bits per heavy atom. The molecule has 0 heterocycles. The fraction of sp³-hybridized carbons (Fsp3) is 0.667. The summed E-state index contributed by atoms with van der Waals surface area (Å²) in [5, 5.41) is 0. The smallest absolute Gasteiger partial charge is 0.155 e. The van der Waals surface area contributed by atoms with Crippen molar-refractivity contribution in [2.45, 2.75) is 84.5 Å². The first kappa shape index (κ1) is 22.9. The van der Waals surface area contributed by atoms with E-state index in [0.717, 1.165) is 50.2 Å². The van der Waals surface area contributed by atoms with Crippen LogP contribution in [0.3, 0.4) is 0 Å². The molecule has 3 fully saturated rings. The molecular weight excluding hydrogens is 408 g/mol. The maximum absolute atomic E-state index is 12.8. The number of hydrogen-bond acceptors (Lipinski definition) is 3. The highest BCUT2D eigenvalue weighted by Crippen LogP contribution is 2.68. The molecule has 3 saturated carbocycles. The van der Waals surface area contributed by atoms with Gasteiger partial charge in [0.2, 0.25) is 0 Å². The second-order valence-electron chi connectivity index (χ2n) is 11.7. The van der Waals surface area contributed by atoms with Crippen molar-refractivity contribution < 1.29 is 14.3 Å². The largest absolute Gasteiger partial charge is 0.497 e.